The lowest BCUT2D eigenvalue weighted by atomic mass is 9.98. The Bertz CT molecular complexity index is 1240. The van der Waals surface area contributed by atoms with Gasteiger partial charge in [-0.1, -0.05) is 29.8 Å². The third-order valence-electron chi connectivity index (χ3n) is 5.45. The monoisotopic (exact) mass is 435 g/mol. The largest absolute Gasteiger partial charge is 0.480 e. The summed E-state index contributed by atoms with van der Waals surface area (Å²) in [7, 11) is 0. The zero-order valence-electron chi connectivity index (χ0n) is 16.0. The van der Waals surface area contributed by atoms with Gasteiger partial charge in [-0.2, -0.15) is 0 Å². The molecule has 0 radical (unpaired) electrons. The third-order valence-corrected chi connectivity index (χ3v) is 6.46. The number of anilines is 1. The summed E-state index contributed by atoms with van der Waals surface area (Å²) in [6, 6.07) is 15.6. The first-order chi connectivity index (χ1) is 14.6. The number of thiazole rings is 1. The second-order valence-electron chi connectivity index (χ2n) is 7.39. The number of hydrogen-bond donors (Lipinski definition) is 1. The van der Waals surface area contributed by atoms with Crippen LogP contribution in [0.1, 0.15) is 17.5 Å². The van der Waals surface area contributed by atoms with Crippen LogP contribution in [0, 0.1) is 0 Å². The summed E-state index contributed by atoms with van der Waals surface area (Å²) in [5.74, 6) is -0.0755. The molecule has 0 aliphatic carbocycles. The van der Waals surface area contributed by atoms with E-state index in [0.29, 0.717) is 11.4 Å². The first kappa shape index (κ1) is 19.0. The van der Waals surface area contributed by atoms with E-state index in [-0.39, 0.29) is 0 Å². The van der Waals surface area contributed by atoms with Crippen molar-refractivity contribution in [2.45, 2.75) is 18.9 Å². The summed E-state index contributed by atoms with van der Waals surface area (Å²) in [5, 5.41) is 9.94. The van der Waals surface area contributed by atoms with Crippen molar-refractivity contribution in [3.63, 3.8) is 0 Å². The fourth-order valence-electron chi connectivity index (χ4n) is 3.85. The van der Waals surface area contributed by atoms with E-state index in [1.807, 2.05) is 53.0 Å². The van der Waals surface area contributed by atoms with Gasteiger partial charge < -0.3 is 10.0 Å². The molecule has 1 N–H and O–H groups in total. The van der Waals surface area contributed by atoms with Crippen LogP contribution in [-0.4, -0.2) is 33.6 Å². The first-order valence-electron chi connectivity index (χ1n) is 9.65. The minimum absolute atomic E-state index is 0.461. The van der Waals surface area contributed by atoms with Crippen LogP contribution in [-0.2, 0) is 11.2 Å². The summed E-state index contributed by atoms with van der Waals surface area (Å²) < 4.78 is 1.14. The van der Waals surface area contributed by atoms with Crippen molar-refractivity contribution in [2.24, 2.45) is 0 Å². The van der Waals surface area contributed by atoms with Crippen molar-refractivity contribution >= 4 is 44.9 Å². The van der Waals surface area contributed by atoms with Crippen LogP contribution < -0.4 is 4.90 Å². The predicted octanol–water partition coefficient (Wildman–Crippen LogP) is 5.27. The van der Waals surface area contributed by atoms with E-state index in [1.54, 1.807) is 11.3 Å². The fraction of sp³-hybridized carbons (Fsp3) is 0.174. The molecule has 5 nitrogen and oxygen atoms in total. The molecule has 1 aliphatic rings. The molecule has 2 aromatic carbocycles. The number of aromatic nitrogens is 2. The number of halogens is 1. The van der Waals surface area contributed by atoms with Crippen molar-refractivity contribution < 1.29 is 9.90 Å². The van der Waals surface area contributed by atoms with Gasteiger partial charge in [0.25, 0.3) is 0 Å². The molecule has 5 rings (SSSR count). The second-order valence-corrected chi connectivity index (χ2v) is 8.71. The summed E-state index contributed by atoms with van der Waals surface area (Å²) in [6.07, 6.45) is 3.24. The Labute approximate surface area is 182 Å². The first-order valence-corrected chi connectivity index (χ1v) is 10.9. The zero-order valence-corrected chi connectivity index (χ0v) is 17.5. The number of aliphatic carboxylic acids is 1. The molecule has 0 spiro atoms. The molecule has 2 aromatic heterocycles. The normalized spacial score (nSPS) is 15.9. The van der Waals surface area contributed by atoms with Crippen LogP contribution in [0.4, 0.5) is 5.82 Å². The van der Waals surface area contributed by atoms with Gasteiger partial charge in [0.2, 0.25) is 0 Å². The average Bonchev–Trinajstić information content (AvgIpc) is 3.16. The number of rotatable bonds is 5. The number of hydrogen-bond acceptors (Lipinski definition) is 5. The molecule has 30 heavy (non-hydrogen) atoms. The quantitative estimate of drug-likeness (QED) is 0.462. The highest BCUT2D eigenvalue weighted by Gasteiger charge is 2.34. The van der Waals surface area contributed by atoms with Crippen LogP contribution in [0.2, 0.25) is 5.02 Å². The smallest absolute Gasteiger partial charge is 0.326 e. The average molecular weight is 436 g/mol. The number of pyridine rings is 1. The minimum atomic E-state index is -0.793. The fourth-order valence-corrected chi connectivity index (χ4v) is 4.80. The number of carboxylic acid groups (broad SMARTS) is 1. The molecular formula is C23H18ClN3O2S. The maximum Gasteiger partial charge on any atom is 0.326 e. The standard InChI is InChI=1S/C23H18ClN3O2S/c24-17-3-1-2-16(11-17)18-9-15(10-20-22(18)26-13-30-20)8-14-4-5-21(25-12-14)27-7-6-19(27)23(28)29/h1-5,9-13,19H,6-8H2,(H,28,29)/t19-/m0/s1. The zero-order chi connectivity index (χ0) is 20.7. The number of carbonyl (C=O) groups is 1. The van der Waals surface area contributed by atoms with E-state index in [9.17, 15) is 9.90 Å². The number of fused-ring (bicyclic) bond motifs is 1. The maximum atomic E-state index is 11.2. The Hall–Kier alpha value is -2.96. The van der Waals surface area contributed by atoms with Crippen molar-refractivity contribution in [3.05, 3.63) is 76.4 Å². The van der Waals surface area contributed by atoms with Crippen LogP contribution in [0.25, 0.3) is 21.3 Å². The molecule has 4 aromatic rings. The maximum absolute atomic E-state index is 11.2. The van der Waals surface area contributed by atoms with E-state index in [0.717, 1.165) is 45.7 Å². The Morgan fingerprint density at radius 1 is 1.17 bits per heavy atom. The number of carboxylic acids is 1. The van der Waals surface area contributed by atoms with Crippen molar-refractivity contribution in [1.82, 2.24) is 9.97 Å². The topological polar surface area (TPSA) is 66.3 Å². The van der Waals surface area contributed by atoms with Gasteiger partial charge in [-0.05, 0) is 59.9 Å². The van der Waals surface area contributed by atoms with E-state index >= 15 is 0 Å². The summed E-state index contributed by atoms with van der Waals surface area (Å²) in [6.45, 7) is 0.731. The van der Waals surface area contributed by atoms with Crippen LogP contribution in [0.5, 0.6) is 0 Å². The summed E-state index contributed by atoms with van der Waals surface area (Å²) in [5.41, 5.74) is 7.21. The van der Waals surface area contributed by atoms with Gasteiger partial charge in [0.1, 0.15) is 11.9 Å². The van der Waals surface area contributed by atoms with Gasteiger partial charge in [-0.25, -0.2) is 14.8 Å². The van der Waals surface area contributed by atoms with Crippen molar-refractivity contribution in [1.29, 1.82) is 0 Å². The second kappa shape index (κ2) is 7.70. The Balaban J connectivity index is 1.44. The molecule has 3 heterocycles. The molecular weight excluding hydrogens is 418 g/mol. The van der Waals surface area contributed by atoms with E-state index < -0.39 is 12.0 Å². The molecule has 1 saturated heterocycles. The molecule has 1 aliphatic heterocycles. The van der Waals surface area contributed by atoms with E-state index in [2.05, 4.69) is 22.1 Å². The lowest BCUT2D eigenvalue weighted by Gasteiger charge is -2.38. The van der Waals surface area contributed by atoms with Crippen LogP contribution in [0.15, 0.2) is 60.2 Å². The highest BCUT2D eigenvalue weighted by atomic mass is 35.5. The lowest BCUT2D eigenvalue weighted by molar-refractivity contribution is -0.140. The van der Waals surface area contributed by atoms with Gasteiger partial charge in [0, 0.05) is 23.3 Å². The molecule has 0 amide bonds. The molecule has 150 valence electrons. The summed E-state index contributed by atoms with van der Waals surface area (Å²) >= 11 is 7.83. The lowest BCUT2D eigenvalue weighted by Crippen LogP contribution is -2.52. The molecule has 1 fully saturated rings. The minimum Gasteiger partial charge on any atom is -0.480 e. The van der Waals surface area contributed by atoms with Gasteiger partial charge >= 0.3 is 5.97 Å². The van der Waals surface area contributed by atoms with Crippen LogP contribution in [0.3, 0.4) is 0 Å². The Morgan fingerprint density at radius 2 is 2.07 bits per heavy atom. The highest BCUT2D eigenvalue weighted by Crippen LogP contribution is 2.33. The van der Waals surface area contributed by atoms with E-state index in [4.69, 9.17) is 11.6 Å². The van der Waals surface area contributed by atoms with Gasteiger partial charge in [0.05, 0.1) is 15.7 Å². The Kier molecular flexibility index (Phi) is 4.89. The molecule has 1 atom stereocenters. The van der Waals surface area contributed by atoms with Crippen molar-refractivity contribution in [2.75, 3.05) is 11.4 Å². The predicted molar refractivity (Wildman–Crippen MR) is 120 cm³/mol. The van der Waals surface area contributed by atoms with Crippen LogP contribution >= 0.6 is 22.9 Å². The number of benzene rings is 2. The molecule has 0 saturated carbocycles. The van der Waals surface area contributed by atoms with Gasteiger partial charge in [-0.3, -0.25) is 0 Å². The number of nitrogens with zero attached hydrogens (tertiary/aromatic N) is 3. The van der Waals surface area contributed by atoms with Gasteiger partial charge in [0.15, 0.2) is 0 Å². The highest BCUT2D eigenvalue weighted by molar-refractivity contribution is 7.16. The van der Waals surface area contributed by atoms with Gasteiger partial charge in [-0.15, -0.1) is 11.3 Å². The Morgan fingerprint density at radius 3 is 2.77 bits per heavy atom. The molecule has 0 unspecified atom stereocenters. The SMILES string of the molecule is O=C(O)[C@@H]1CCN1c1ccc(Cc2cc(-c3cccc(Cl)c3)c3ncsc3c2)cn1. The third kappa shape index (κ3) is 3.53. The van der Waals surface area contributed by atoms with E-state index in [1.165, 1.54) is 5.56 Å². The summed E-state index contributed by atoms with van der Waals surface area (Å²) in [4.78, 5) is 22.1. The van der Waals surface area contributed by atoms with Crippen molar-refractivity contribution in [3.8, 4) is 11.1 Å². The molecule has 7 heteroatoms. The molecule has 0 bridgehead atoms.